The minimum Gasteiger partial charge on any atom is -0.395 e. The first kappa shape index (κ1) is 13.5. The fourth-order valence-corrected chi connectivity index (χ4v) is 2.90. The molecule has 2 rings (SSSR count). The molecule has 2 N–H and O–H groups in total. The molecule has 0 saturated carbocycles. The maximum absolute atomic E-state index is 9.39. The monoisotopic (exact) mass is 249 g/mol. The van der Waals surface area contributed by atoms with Crippen LogP contribution in [0.15, 0.2) is 24.3 Å². The van der Waals surface area contributed by atoms with Gasteiger partial charge in [0.2, 0.25) is 0 Å². The largest absolute Gasteiger partial charge is 0.395 e. The Hall–Kier alpha value is -0.900. The third-order valence-electron chi connectivity index (χ3n) is 3.78. The summed E-state index contributed by atoms with van der Waals surface area (Å²) in [5.74, 6) is 0. The summed E-state index contributed by atoms with van der Waals surface area (Å²) in [6.07, 6.45) is 1.08. The van der Waals surface area contributed by atoms with Crippen molar-refractivity contribution in [1.29, 1.82) is 0 Å². The number of aliphatic hydroxyl groups is 1. The molecule has 0 aromatic heterocycles. The minimum atomic E-state index is -0.00886. The molecule has 0 amide bonds. The number of benzene rings is 1. The van der Waals surface area contributed by atoms with Crippen molar-refractivity contribution in [3.05, 3.63) is 35.4 Å². The van der Waals surface area contributed by atoms with Gasteiger partial charge in [-0.15, -0.1) is 0 Å². The van der Waals surface area contributed by atoms with Crippen LogP contribution in [0.5, 0.6) is 0 Å². The Morgan fingerprint density at radius 3 is 2.83 bits per heavy atom. The van der Waals surface area contributed by atoms with E-state index in [4.69, 9.17) is 4.74 Å². The number of hydrogen-bond acceptors (Lipinski definition) is 3. The van der Waals surface area contributed by atoms with E-state index in [2.05, 4.69) is 43.4 Å². The van der Waals surface area contributed by atoms with Crippen molar-refractivity contribution in [3.63, 3.8) is 0 Å². The van der Waals surface area contributed by atoms with Crippen molar-refractivity contribution in [2.24, 2.45) is 5.41 Å². The summed E-state index contributed by atoms with van der Waals surface area (Å²) < 4.78 is 5.14. The van der Waals surface area contributed by atoms with E-state index in [0.29, 0.717) is 6.61 Å². The lowest BCUT2D eigenvalue weighted by Gasteiger charge is -2.32. The van der Waals surface area contributed by atoms with Gasteiger partial charge in [-0.2, -0.15) is 0 Å². The van der Waals surface area contributed by atoms with Gasteiger partial charge >= 0.3 is 0 Å². The van der Waals surface area contributed by atoms with Crippen molar-refractivity contribution >= 4 is 0 Å². The molecule has 0 bridgehead atoms. The lowest BCUT2D eigenvalue weighted by Crippen LogP contribution is -2.42. The molecule has 0 fully saturated rings. The van der Waals surface area contributed by atoms with Gasteiger partial charge in [0.05, 0.1) is 19.3 Å². The molecular weight excluding hydrogens is 226 g/mol. The normalized spacial score (nSPS) is 22.8. The van der Waals surface area contributed by atoms with Gasteiger partial charge in [0.25, 0.3) is 0 Å². The summed E-state index contributed by atoms with van der Waals surface area (Å²) in [7, 11) is 1.66. The second kappa shape index (κ2) is 5.39. The van der Waals surface area contributed by atoms with Crippen LogP contribution >= 0.6 is 0 Å². The number of ether oxygens (including phenoxy) is 1. The van der Waals surface area contributed by atoms with Gasteiger partial charge in [-0.05, 0) is 23.0 Å². The van der Waals surface area contributed by atoms with E-state index in [9.17, 15) is 5.11 Å². The highest BCUT2D eigenvalue weighted by Gasteiger charge is 2.39. The summed E-state index contributed by atoms with van der Waals surface area (Å²) >= 11 is 0. The predicted octanol–water partition coefficient (Wildman–Crippen LogP) is 1.91. The van der Waals surface area contributed by atoms with Crippen LogP contribution in [0.2, 0.25) is 0 Å². The fourth-order valence-electron chi connectivity index (χ4n) is 2.90. The molecule has 1 aliphatic rings. The molecule has 0 heterocycles. The maximum Gasteiger partial charge on any atom is 0.0638 e. The molecule has 1 aliphatic carbocycles. The minimum absolute atomic E-state index is 0.00886. The highest BCUT2D eigenvalue weighted by atomic mass is 16.5. The molecule has 18 heavy (non-hydrogen) atoms. The van der Waals surface area contributed by atoms with Crippen LogP contribution in [-0.4, -0.2) is 31.5 Å². The average Bonchev–Trinajstić information content (AvgIpc) is 2.59. The van der Waals surface area contributed by atoms with Crippen molar-refractivity contribution in [2.45, 2.75) is 32.4 Å². The zero-order valence-electron chi connectivity index (χ0n) is 11.4. The molecule has 0 radical (unpaired) electrons. The predicted molar refractivity (Wildman–Crippen MR) is 72.6 cm³/mol. The first-order chi connectivity index (χ1) is 8.58. The molecule has 0 saturated heterocycles. The van der Waals surface area contributed by atoms with Crippen LogP contribution in [0.1, 0.15) is 31.0 Å². The molecule has 0 spiro atoms. The van der Waals surface area contributed by atoms with Crippen LogP contribution in [0.3, 0.4) is 0 Å². The standard InChI is InChI=1S/C15H23NO2/c1-15(2)8-11-6-4-5-7-13(11)14(15)16-12(9-17)10-18-3/h4-7,12,14,16-17H,8-10H2,1-3H3. The molecule has 2 unspecified atom stereocenters. The molecule has 100 valence electrons. The van der Waals surface area contributed by atoms with Crippen molar-refractivity contribution in [3.8, 4) is 0 Å². The molecule has 3 nitrogen and oxygen atoms in total. The Kier molecular flexibility index (Phi) is 4.05. The quantitative estimate of drug-likeness (QED) is 0.837. The molecule has 1 aromatic carbocycles. The fraction of sp³-hybridized carbons (Fsp3) is 0.600. The summed E-state index contributed by atoms with van der Waals surface area (Å²) in [5, 5.41) is 12.9. The highest BCUT2D eigenvalue weighted by Crippen LogP contribution is 2.45. The Labute approximate surface area is 109 Å². The van der Waals surface area contributed by atoms with Crippen molar-refractivity contribution in [1.82, 2.24) is 5.32 Å². The number of rotatable bonds is 5. The zero-order valence-corrected chi connectivity index (χ0v) is 11.4. The number of aliphatic hydroxyl groups excluding tert-OH is 1. The van der Waals surface area contributed by atoms with Gasteiger partial charge in [0, 0.05) is 13.2 Å². The van der Waals surface area contributed by atoms with Gasteiger partial charge in [-0.3, -0.25) is 0 Å². The van der Waals surface area contributed by atoms with E-state index in [1.54, 1.807) is 7.11 Å². The van der Waals surface area contributed by atoms with Gasteiger partial charge < -0.3 is 15.2 Å². The summed E-state index contributed by atoms with van der Waals surface area (Å²) in [5.41, 5.74) is 2.94. The van der Waals surface area contributed by atoms with Gasteiger partial charge in [0.1, 0.15) is 0 Å². The molecule has 2 atom stereocenters. The van der Waals surface area contributed by atoms with Crippen LogP contribution in [-0.2, 0) is 11.2 Å². The Morgan fingerprint density at radius 2 is 2.17 bits per heavy atom. The third kappa shape index (κ3) is 2.58. The van der Waals surface area contributed by atoms with Crippen LogP contribution < -0.4 is 5.32 Å². The van der Waals surface area contributed by atoms with E-state index in [1.165, 1.54) is 11.1 Å². The van der Waals surface area contributed by atoms with Gasteiger partial charge in [-0.25, -0.2) is 0 Å². The van der Waals surface area contributed by atoms with E-state index < -0.39 is 0 Å². The topological polar surface area (TPSA) is 41.5 Å². The molecule has 0 aliphatic heterocycles. The van der Waals surface area contributed by atoms with E-state index >= 15 is 0 Å². The number of methoxy groups -OCH3 is 1. The maximum atomic E-state index is 9.39. The highest BCUT2D eigenvalue weighted by molar-refractivity contribution is 5.37. The first-order valence-electron chi connectivity index (χ1n) is 6.52. The second-order valence-electron chi connectivity index (χ2n) is 5.80. The Morgan fingerprint density at radius 1 is 1.44 bits per heavy atom. The van der Waals surface area contributed by atoms with Gasteiger partial charge in [0.15, 0.2) is 0 Å². The number of hydrogen-bond donors (Lipinski definition) is 2. The van der Waals surface area contributed by atoms with E-state index in [-0.39, 0.29) is 24.1 Å². The smallest absolute Gasteiger partial charge is 0.0638 e. The van der Waals surface area contributed by atoms with Crippen LogP contribution in [0.4, 0.5) is 0 Å². The Bertz CT molecular complexity index is 403. The second-order valence-corrected chi connectivity index (χ2v) is 5.80. The van der Waals surface area contributed by atoms with Crippen LogP contribution in [0.25, 0.3) is 0 Å². The summed E-state index contributed by atoms with van der Waals surface area (Å²) in [6, 6.07) is 8.83. The first-order valence-corrected chi connectivity index (χ1v) is 6.52. The number of fused-ring (bicyclic) bond motifs is 1. The average molecular weight is 249 g/mol. The van der Waals surface area contributed by atoms with Crippen molar-refractivity contribution < 1.29 is 9.84 Å². The molecule has 3 heteroatoms. The van der Waals surface area contributed by atoms with Crippen molar-refractivity contribution in [2.75, 3.05) is 20.3 Å². The Balaban J connectivity index is 2.20. The SMILES string of the molecule is COCC(CO)NC1c2ccccc2CC1(C)C. The van der Waals surface area contributed by atoms with Gasteiger partial charge in [-0.1, -0.05) is 38.1 Å². The summed E-state index contributed by atoms with van der Waals surface area (Å²) in [4.78, 5) is 0. The van der Waals surface area contributed by atoms with E-state index in [0.717, 1.165) is 6.42 Å². The molecule has 1 aromatic rings. The third-order valence-corrected chi connectivity index (χ3v) is 3.78. The van der Waals surface area contributed by atoms with E-state index in [1.807, 2.05) is 0 Å². The zero-order chi connectivity index (χ0) is 13.2. The molecular formula is C15H23NO2. The lowest BCUT2D eigenvalue weighted by molar-refractivity contribution is 0.108. The summed E-state index contributed by atoms with van der Waals surface area (Å²) in [6.45, 7) is 5.17. The number of nitrogens with one attached hydrogen (secondary N) is 1. The lowest BCUT2D eigenvalue weighted by atomic mass is 9.85. The van der Waals surface area contributed by atoms with Crippen LogP contribution in [0, 0.1) is 5.41 Å².